The van der Waals surface area contributed by atoms with Gasteiger partial charge in [-0.1, -0.05) is 6.92 Å². The summed E-state index contributed by atoms with van der Waals surface area (Å²) in [5.41, 5.74) is 2.31. The largest absolute Gasteiger partial charge is 0.379 e. The highest BCUT2D eigenvalue weighted by molar-refractivity contribution is 5.58. The molecular formula is C11H14FN. The molecule has 0 amide bonds. The zero-order valence-corrected chi connectivity index (χ0v) is 8.02. The van der Waals surface area contributed by atoms with Gasteiger partial charge >= 0.3 is 0 Å². The van der Waals surface area contributed by atoms with Crippen LogP contribution in [0.4, 0.5) is 10.1 Å². The molecule has 0 saturated carbocycles. The van der Waals surface area contributed by atoms with E-state index in [0.717, 1.165) is 24.1 Å². The molecule has 0 fully saturated rings. The Hall–Kier alpha value is -1.05. The molecule has 70 valence electrons. The first-order valence-electron chi connectivity index (χ1n) is 4.69. The summed E-state index contributed by atoms with van der Waals surface area (Å²) in [4.78, 5) is 0. The summed E-state index contributed by atoms with van der Waals surface area (Å²) >= 11 is 0. The minimum absolute atomic E-state index is 0.121. The van der Waals surface area contributed by atoms with Crippen molar-refractivity contribution in [2.24, 2.45) is 0 Å². The number of rotatable bonds is 1. The van der Waals surface area contributed by atoms with Gasteiger partial charge in [-0.25, -0.2) is 4.39 Å². The monoisotopic (exact) mass is 179 g/mol. The minimum atomic E-state index is -0.138. The van der Waals surface area contributed by atoms with E-state index in [1.54, 1.807) is 6.07 Å². The highest BCUT2D eigenvalue weighted by Gasteiger charge is 2.30. The van der Waals surface area contributed by atoms with Gasteiger partial charge in [0.1, 0.15) is 5.82 Å². The number of benzene rings is 1. The van der Waals surface area contributed by atoms with Gasteiger partial charge in [-0.3, -0.25) is 0 Å². The van der Waals surface area contributed by atoms with Crippen molar-refractivity contribution in [1.82, 2.24) is 0 Å². The molecule has 1 aromatic rings. The van der Waals surface area contributed by atoms with Crippen LogP contribution in [-0.2, 0) is 6.42 Å². The van der Waals surface area contributed by atoms with Crippen molar-refractivity contribution in [2.45, 2.75) is 32.2 Å². The van der Waals surface area contributed by atoms with Crippen LogP contribution in [0, 0.1) is 5.82 Å². The quantitative estimate of drug-likeness (QED) is 0.698. The summed E-state index contributed by atoms with van der Waals surface area (Å²) in [6, 6.07) is 4.96. The third-order valence-electron chi connectivity index (χ3n) is 2.86. The van der Waals surface area contributed by atoms with Crippen LogP contribution in [0.1, 0.15) is 25.8 Å². The first-order chi connectivity index (χ1) is 6.13. The van der Waals surface area contributed by atoms with E-state index in [2.05, 4.69) is 19.2 Å². The molecule has 0 bridgehead atoms. The summed E-state index contributed by atoms with van der Waals surface area (Å²) in [5, 5.41) is 3.42. The van der Waals surface area contributed by atoms with Gasteiger partial charge in [-0.15, -0.1) is 0 Å². The van der Waals surface area contributed by atoms with Crippen LogP contribution in [0.15, 0.2) is 18.2 Å². The SMILES string of the molecule is CCC1(C)Cc2cc(F)ccc2N1. The maximum atomic E-state index is 12.9. The number of hydrogen-bond donors (Lipinski definition) is 1. The predicted molar refractivity (Wildman–Crippen MR) is 52.4 cm³/mol. The summed E-state index contributed by atoms with van der Waals surface area (Å²) in [6.07, 6.45) is 1.99. The molecule has 2 rings (SSSR count). The maximum Gasteiger partial charge on any atom is 0.123 e. The zero-order chi connectivity index (χ0) is 9.47. The third kappa shape index (κ3) is 1.41. The fourth-order valence-corrected chi connectivity index (χ4v) is 1.83. The summed E-state index contributed by atoms with van der Waals surface area (Å²) in [6.45, 7) is 4.32. The molecule has 0 spiro atoms. The van der Waals surface area contributed by atoms with Crippen molar-refractivity contribution in [1.29, 1.82) is 0 Å². The molecule has 1 unspecified atom stereocenters. The van der Waals surface area contributed by atoms with Gasteiger partial charge in [0.15, 0.2) is 0 Å². The third-order valence-corrected chi connectivity index (χ3v) is 2.86. The normalized spacial score (nSPS) is 25.5. The number of nitrogens with one attached hydrogen (secondary N) is 1. The Kier molecular flexibility index (Phi) is 1.79. The molecule has 1 atom stereocenters. The van der Waals surface area contributed by atoms with Gasteiger partial charge in [0.25, 0.3) is 0 Å². The second-order valence-electron chi connectivity index (χ2n) is 4.02. The maximum absolute atomic E-state index is 12.9. The average molecular weight is 179 g/mol. The molecule has 0 saturated heterocycles. The molecular weight excluding hydrogens is 165 g/mol. The molecule has 0 radical (unpaired) electrons. The molecule has 2 heteroatoms. The van der Waals surface area contributed by atoms with E-state index < -0.39 is 0 Å². The number of fused-ring (bicyclic) bond motifs is 1. The Morgan fingerprint density at radius 2 is 2.31 bits per heavy atom. The molecule has 1 heterocycles. The van der Waals surface area contributed by atoms with Crippen molar-refractivity contribution >= 4 is 5.69 Å². The van der Waals surface area contributed by atoms with Gasteiger partial charge in [-0.05, 0) is 43.5 Å². The Balaban J connectivity index is 2.35. The second-order valence-corrected chi connectivity index (χ2v) is 4.02. The van der Waals surface area contributed by atoms with E-state index in [9.17, 15) is 4.39 Å². The van der Waals surface area contributed by atoms with Crippen molar-refractivity contribution in [2.75, 3.05) is 5.32 Å². The Morgan fingerprint density at radius 1 is 1.54 bits per heavy atom. The van der Waals surface area contributed by atoms with Crippen LogP contribution in [-0.4, -0.2) is 5.54 Å². The molecule has 1 aromatic carbocycles. The molecule has 1 N–H and O–H groups in total. The summed E-state index contributed by atoms with van der Waals surface area (Å²) in [7, 11) is 0. The smallest absolute Gasteiger partial charge is 0.123 e. The zero-order valence-electron chi connectivity index (χ0n) is 8.02. The lowest BCUT2D eigenvalue weighted by Crippen LogP contribution is -2.30. The lowest BCUT2D eigenvalue weighted by molar-refractivity contribution is 0.514. The first kappa shape index (κ1) is 8.54. The molecule has 1 aliphatic rings. The summed E-state index contributed by atoms with van der Waals surface area (Å²) < 4.78 is 12.9. The van der Waals surface area contributed by atoms with Crippen LogP contribution in [0.25, 0.3) is 0 Å². The van der Waals surface area contributed by atoms with Gasteiger partial charge in [0, 0.05) is 11.2 Å². The van der Waals surface area contributed by atoms with E-state index in [4.69, 9.17) is 0 Å². The van der Waals surface area contributed by atoms with Crippen molar-refractivity contribution in [3.05, 3.63) is 29.6 Å². The lowest BCUT2D eigenvalue weighted by atomic mass is 9.95. The minimum Gasteiger partial charge on any atom is -0.379 e. The van der Waals surface area contributed by atoms with E-state index in [1.165, 1.54) is 6.07 Å². The predicted octanol–water partition coefficient (Wildman–Crippen LogP) is 2.96. The Labute approximate surface area is 78.0 Å². The second kappa shape index (κ2) is 2.72. The standard InChI is InChI=1S/C11H14FN/c1-3-11(2)7-8-6-9(12)4-5-10(8)13-11/h4-6,13H,3,7H2,1-2H3. The van der Waals surface area contributed by atoms with Crippen LogP contribution in [0.5, 0.6) is 0 Å². The van der Waals surface area contributed by atoms with Crippen molar-refractivity contribution in [3.63, 3.8) is 0 Å². The molecule has 1 aliphatic heterocycles. The highest BCUT2D eigenvalue weighted by atomic mass is 19.1. The molecule has 0 aromatic heterocycles. The average Bonchev–Trinajstić information content (AvgIpc) is 2.42. The molecule has 13 heavy (non-hydrogen) atoms. The van der Waals surface area contributed by atoms with Crippen LogP contribution < -0.4 is 5.32 Å². The van der Waals surface area contributed by atoms with Gasteiger partial charge in [-0.2, -0.15) is 0 Å². The van der Waals surface area contributed by atoms with Gasteiger partial charge in [0.2, 0.25) is 0 Å². The van der Waals surface area contributed by atoms with Crippen LogP contribution >= 0.6 is 0 Å². The van der Waals surface area contributed by atoms with Gasteiger partial charge in [0.05, 0.1) is 0 Å². The lowest BCUT2D eigenvalue weighted by Gasteiger charge is -2.22. The van der Waals surface area contributed by atoms with E-state index in [1.807, 2.05) is 6.07 Å². The summed E-state index contributed by atoms with van der Waals surface area (Å²) in [5.74, 6) is -0.138. The van der Waals surface area contributed by atoms with E-state index >= 15 is 0 Å². The van der Waals surface area contributed by atoms with E-state index in [-0.39, 0.29) is 11.4 Å². The Morgan fingerprint density at radius 3 is 3.00 bits per heavy atom. The van der Waals surface area contributed by atoms with Crippen molar-refractivity contribution < 1.29 is 4.39 Å². The number of anilines is 1. The number of hydrogen-bond acceptors (Lipinski definition) is 1. The van der Waals surface area contributed by atoms with Crippen LogP contribution in [0.3, 0.4) is 0 Å². The topological polar surface area (TPSA) is 12.0 Å². The molecule has 0 aliphatic carbocycles. The fourth-order valence-electron chi connectivity index (χ4n) is 1.83. The number of halogens is 1. The highest BCUT2D eigenvalue weighted by Crippen LogP contribution is 2.34. The van der Waals surface area contributed by atoms with E-state index in [0.29, 0.717) is 0 Å². The van der Waals surface area contributed by atoms with Crippen LogP contribution in [0.2, 0.25) is 0 Å². The Bertz CT molecular complexity index is 335. The fraction of sp³-hybridized carbons (Fsp3) is 0.455. The first-order valence-corrected chi connectivity index (χ1v) is 4.69. The molecule has 1 nitrogen and oxygen atoms in total. The van der Waals surface area contributed by atoms with Crippen molar-refractivity contribution in [3.8, 4) is 0 Å². The van der Waals surface area contributed by atoms with Gasteiger partial charge < -0.3 is 5.32 Å².